The first-order valence-electron chi connectivity index (χ1n) is 4.69. The molecule has 5 N–H and O–H groups in total. The van der Waals surface area contributed by atoms with Gasteiger partial charge in [0.1, 0.15) is 0 Å². The van der Waals surface area contributed by atoms with Crippen molar-refractivity contribution in [3.8, 4) is 0 Å². The topological polar surface area (TPSA) is 87.7 Å². The van der Waals surface area contributed by atoms with Crippen LogP contribution in [-0.2, 0) is 5.04 Å². The summed E-state index contributed by atoms with van der Waals surface area (Å²) in [6, 6.07) is 0. The van der Waals surface area contributed by atoms with Gasteiger partial charge in [0, 0.05) is 0 Å². The zero-order valence-corrected chi connectivity index (χ0v) is 8.33. The fourth-order valence-electron chi connectivity index (χ4n) is 0.925. The predicted molar refractivity (Wildman–Crippen MR) is 52.4 cm³/mol. The second kappa shape index (κ2) is 17.8. The molecular formula is C8H22N2O3. The number of nitrogens with one attached hydrogen (secondary N) is 1. The minimum absolute atomic E-state index is 0.848. The van der Waals surface area contributed by atoms with Gasteiger partial charge in [-0.15, -0.1) is 0 Å². The molecule has 0 aromatic carbocycles. The van der Waals surface area contributed by atoms with E-state index < -0.39 is 0 Å². The minimum Gasteiger partial charge on any atom is -0.330 e. The van der Waals surface area contributed by atoms with E-state index in [-0.39, 0.29) is 0 Å². The monoisotopic (exact) mass is 194 g/mol. The molecule has 5 nitrogen and oxygen atoms in total. The third-order valence-electron chi connectivity index (χ3n) is 1.56. The van der Waals surface area contributed by atoms with E-state index in [1.54, 1.807) is 0 Å². The van der Waals surface area contributed by atoms with Crippen molar-refractivity contribution in [2.75, 3.05) is 19.6 Å². The van der Waals surface area contributed by atoms with Crippen molar-refractivity contribution in [3.05, 3.63) is 0 Å². The van der Waals surface area contributed by atoms with Crippen LogP contribution in [0, 0.1) is 0 Å². The van der Waals surface area contributed by atoms with Crippen molar-refractivity contribution in [1.82, 2.24) is 5.32 Å². The first-order chi connectivity index (χ1) is 6.33. The second-order valence-electron chi connectivity index (χ2n) is 2.64. The van der Waals surface area contributed by atoms with Crippen LogP contribution in [0.25, 0.3) is 0 Å². The van der Waals surface area contributed by atoms with Crippen LogP contribution in [0.3, 0.4) is 0 Å². The number of nitrogens with two attached hydrogens (primary N) is 1. The molecule has 0 aliphatic rings. The molecule has 0 saturated heterocycles. The Hall–Kier alpha value is -0.200. The highest BCUT2D eigenvalue weighted by Crippen LogP contribution is 1.96. The van der Waals surface area contributed by atoms with E-state index in [4.69, 9.17) is 16.2 Å². The normalized spacial score (nSPS) is 9.23. The summed E-state index contributed by atoms with van der Waals surface area (Å²) in [6.07, 6.45) is 5.10. The van der Waals surface area contributed by atoms with Crippen LogP contribution in [0.15, 0.2) is 0 Å². The molecule has 5 heteroatoms. The highest BCUT2D eigenvalue weighted by molar-refractivity contribution is 4.46. The Labute approximate surface area is 79.8 Å². The standard InChI is InChI=1S/C8H20N2.H2O3/c1-2-10-8-6-4-3-5-7-9;1-3-2/h10H,2-9H2,1H3;1-2H. The Kier molecular flexibility index (Phi) is 20.9. The van der Waals surface area contributed by atoms with Gasteiger partial charge in [0.05, 0.1) is 0 Å². The molecule has 0 aliphatic heterocycles. The van der Waals surface area contributed by atoms with E-state index in [1.165, 1.54) is 32.2 Å². The molecule has 0 unspecified atom stereocenters. The summed E-state index contributed by atoms with van der Waals surface area (Å²) >= 11 is 0. The molecule has 0 spiro atoms. The van der Waals surface area contributed by atoms with Gasteiger partial charge in [-0.1, -0.05) is 24.8 Å². The average molecular weight is 194 g/mol. The molecule has 0 fully saturated rings. The van der Waals surface area contributed by atoms with Crippen molar-refractivity contribution in [1.29, 1.82) is 0 Å². The molecule has 0 aromatic heterocycles. The zero-order valence-electron chi connectivity index (χ0n) is 8.33. The van der Waals surface area contributed by atoms with Crippen molar-refractivity contribution in [2.45, 2.75) is 32.6 Å². The molecule has 0 amide bonds. The van der Waals surface area contributed by atoms with E-state index in [2.05, 4.69) is 17.3 Å². The molecule has 0 aromatic rings. The molecular weight excluding hydrogens is 172 g/mol. The van der Waals surface area contributed by atoms with Gasteiger partial charge in [-0.2, -0.15) is 0 Å². The Morgan fingerprint density at radius 2 is 1.69 bits per heavy atom. The Balaban J connectivity index is 0. The van der Waals surface area contributed by atoms with Gasteiger partial charge in [-0.3, -0.25) is 0 Å². The number of hydrogen-bond acceptors (Lipinski definition) is 5. The third kappa shape index (κ3) is 24.5. The van der Waals surface area contributed by atoms with Crippen LogP contribution in [0.2, 0.25) is 0 Å². The van der Waals surface area contributed by atoms with Crippen molar-refractivity contribution in [3.63, 3.8) is 0 Å². The van der Waals surface area contributed by atoms with Crippen molar-refractivity contribution in [2.24, 2.45) is 5.73 Å². The fourth-order valence-corrected chi connectivity index (χ4v) is 0.925. The number of rotatable bonds is 7. The number of hydrogen-bond donors (Lipinski definition) is 4. The average Bonchev–Trinajstić information content (AvgIpc) is 2.13. The van der Waals surface area contributed by atoms with Crippen LogP contribution in [0.4, 0.5) is 0 Å². The minimum atomic E-state index is 0.848. The van der Waals surface area contributed by atoms with Crippen LogP contribution < -0.4 is 11.1 Å². The van der Waals surface area contributed by atoms with Crippen LogP contribution in [0.1, 0.15) is 32.6 Å². The molecule has 0 rings (SSSR count). The van der Waals surface area contributed by atoms with E-state index in [0.717, 1.165) is 13.1 Å². The van der Waals surface area contributed by atoms with Crippen LogP contribution in [-0.4, -0.2) is 30.1 Å². The van der Waals surface area contributed by atoms with Gasteiger partial charge in [0.15, 0.2) is 0 Å². The Bertz CT molecular complexity index is 66.4. The molecule has 13 heavy (non-hydrogen) atoms. The molecule has 0 saturated carbocycles. The predicted octanol–water partition coefficient (Wildman–Crippen LogP) is 1.06. The van der Waals surface area contributed by atoms with Gasteiger partial charge >= 0.3 is 0 Å². The lowest BCUT2D eigenvalue weighted by Crippen LogP contribution is -2.13. The van der Waals surface area contributed by atoms with Crippen LogP contribution >= 0.6 is 0 Å². The summed E-state index contributed by atoms with van der Waals surface area (Å²) in [5.41, 5.74) is 5.35. The van der Waals surface area contributed by atoms with Crippen LogP contribution in [0.5, 0.6) is 0 Å². The Morgan fingerprint density at radius 1 is 1.15 bits per heavy atom. The SMILES string of the molecule is CCNCCCCCCN.OOO. The first-order valence-corrected chi connectivity index (χ1v) is 4.69. The maximum atomic E-state index is 6.62. The summed E-state index contributed by atoms with van der Waals surface area (Å²) in [5.74, 6) is 0. The summed E-state index contributed by atoms with van der Waals surface area (Å²) < 4.78 is 0. The van der Waals surface area contributed by atoms with Crippen molar-refractivity contribution < 1.29 is 15.6 Å². The number of unbranched alkanes of at least 4 members (excludes halogenated alkanes) is 3. The second-order valence-corrected chi connectivity index (χ2v) is 2.64. The third-order valence-corrected chi connectivity index (χ3v) is 1.56. The maximum absolute atomic E-state index is 6.62. The molecule has 0 heterocycles. The molecule has 0 radical (unpaired) electrons. The van der Waals surface area contributed by atoms with Gasteiger partial charge in [-0.05, 0) is 32.5 Å². The largest absolute Gasteiger partial charge is 0.330 e. The summed E-state index contributed by atoms with van der Waals surface area (Å²) in [5, 5.41) is 18.8. The van der Waals surface area contributed by atoms with Gasteiger partial charge in [-0.25, -0.2) is 10.5 Å². The van der Waals surface area contributed by atoms with E-state index >= 15 is 0 Å². The molecule has 0 bridgehead atoms. The smallest absolute Gasteiger partial charge is 0.00490 e. The lowest BCUT2D eigenvalue weighted by atomic mass is 10.2. The quantitative estimate of drug-likeness (QED) is 0.276. The summed E-state index contributed by atoms with van der Waals surface area (Å²) in [4.78, 5) is 0. The molecule has 0 atom stereocenters. The highest BCUT2D eigenvalue weighted by atomic mass is 17.4. The van der Waals surface area contributed by atoms with E-state index in [9.17, 15) is 0 Å². The fraction of sp³-hybridized carbons (Fsp3) is 1.00. The van der Waals surface area contributed by atoms with E-state index in [0.29, 0.717) is 0 Å². The van der Waals surface area contributed by atoms with Gasteiger partial charge < -0.3 is 11.1 Å². The molecule has 0 aliphatic carbocycles. The summed E-state index contributed by atoms with van der Waals surface area (Å²) in [7, 11) is 0. The van der Waals surface area contributed by atoms with Crippen molar-refractivity contribution >= 4 is 0 Å². The lowest BCUT2D eigenvalue weighted by Gasteiger charge is -1.99. The highest BCUT2D eigenvalue weighted by Gasteiger charge is 1.86. The van der Waals surface area contributed by atoms with Gasteiger partial charge in [0.2, 0.25) is 0 Å². The van der Waals surface area contributed by atoms with Gasteiger partial charge in [0.25, 0.3) is 0 Å². The lowest BCUT2D eigenvalue weighted by molar-refractivity contribution is -0.465. The Morgan fingerprint density at radius 3 is 2.15 bits per heavy atom. The zero-order chi connectivity index (χ0) is 10.4. The summed E-state index contributed by atoms with van der Waals surface area (Å²) in [6.45, 7) is 5.25. The molecule has 82 valence electrons. The maximum Gasteiger partial charge on any atom is -0.00490 e. The van der Waals surface area contributed by atoms with E-state index in [1.807, 2.05) is 0 Å². The first kappa shape index (κ1) is 15.3.